The second-order valence-electron chi connectivity index (χ2n) is 4.98. The predicted octanol–water partition coefficient (Wildman–Crippen LogP) is 4.83. The summed E-state index contributed by atoms with van der Waals surface area (Å²) in [6.07, 6.45) is 8.29. The Morgan fingerprint density at radius 3 is 2.27 bits per heavy atom. The Hall–Kier alpha value is -2.32. The highest BCUT2D eigenvalue weighted by Gasteiger charge is 1.95. The monoisotopic (exact) mass is 294 g/mol. The van der Waals surface area contributed by atoms with Crippen LogP contribution < -0.4 is 4.74 Å². The van der Waals surface area contributed by atoms with Crippen molar-refractivity contribution < 1.29 is 9.47 Å². The smallest absolute Gasteiger partial charge is 0.118 e. The van der Waals surface area contributed by atoms with Gasteiger partial charge in [-0.25, -0.2) is 0 Å². The van der Waals surface area contributed by atoms with Crippen molar-refractivity contribution in [3.8, 4) is 5.75 Å². The van der Waals surface area contributed by atoms with Crippen LogP contribution in [0.4, 0.5) is 0 Å². The molecule has 22 heavy (non-hydrogen) atoms. The van der Waals surface area contributed by atoms with Crippen LogP contribution in [0.1, 0.15) is 18.1 Å². The molecule has 0 N–H and O–H groups in total. The molecule has 0 fully saturated rings. The molecule has 114 valence electrons. The van der Waals surface area contributed by atoms with Crippen molar-refractivity contribution in [2.45, 2.75) is 13.0 Å². The summed E-state index contributed by atoms with van der Waals surface area (Å²) in [6.45, 7) is 2.64. The first kappa shape index (κ1) is 16.1. The van der Waals surface area contributed by atoms with Crippen LogP contribution in [0.5, 0.6) is 5.75 Å². The van der Waals surface area contributed by atoms with Crippen molar-refractivity contribution in [1.82, 2.24) is 0 Å². The van der Waals surface area contributed by atoms with Crippen LogP contribution in [-0.2, 0) is 4.74 Å². The predicted molar refractivity (Wildman–Crippen MR) is 92.9 cm³/mol. The van der Waals surface area contributed by atoms with Gasteiger partial charge in [0.15, 0.2) is 0 Å². The summed E-state index contributed by atoms with van der Waals surface area (Å²) in [7, 11) is 1.67. The zero-order chi connectivity index (χ0) is 15.6. The van der Waals surface area contributed by atoms with E-state index < -0.39 is 0 Å². The molecule has 1 unspecified atom stereocenters. The van der Waals surface area contributed by atoms with Crippen LogP contribution in [0, 0.1) is 0 Å². The van der Waals surface area contributed by atoms with Gasteiger partial charge < -0.3 is 9.47 Å². The Bertz CT molecular complexity index is 597. The van der Waals surface area contributed by atoms with Gasteiger partial charge in [-0.1, -0.05) is 66.8 Å². The molecule has 0 aliphatic rings. The highest BCUT2D eigenvalue weighted by molar-refractivity contribution is 5.51. The molecular weight excluding hydrogens is 272 g/mol. The zero-order valence-corrected chi connectivity index (χ0v) is 13.1. The molecule has 0 radical (unpaired) electrons. The van der Waals surface area contributed by atoms with E-state index in [-0.39, 0.29) is 6.10 Å². The van der Waals surface area contributed by atoms with Crippen molar-refractivity contribution in [1.29, 1.82) is 0 Å². The number of hydrogen-bond donors (Lipinski definition) is 0. The molecular formula is C20H22O2. The third kappa shape index (κ3) is 5.58. The Kier molecular flexibility index (Phi) is 6.46. The maximum absolute atomic E-state index is 5.73. The van der Waals surface area contributed by atoms with Gasteiger partial charge in [0, 0.05) is 0 Å². The van der Waals surface area contributed by atoms with Crippen molar-refractivity contribution in [3.05, 3.63) is 77.9 Å². The molecule has 2 heteroatoms. The standard InChI is InChI=1S/C20H22O2/c1-17(10-11-19-12-14-20(21-2)15-13-19)22-16-6-9-18-7-4-3-5-8-18/h3-15,17H,16H2,1-2H3/b9-6+,11-10+. The molecule has 0 saturated carbocycles. The summed E-state index contributed by atoms with van der Waals surface area (Å²) in [6, 6.07) is 18.2. The van der Waals surface area contributed by atoms with E-state index in [0.717, 1.165) is 11.3 Å². The molecule has 0 aromatic heterocycles. The van der Waals surface area contributed by atoms with Crippen molar-refractivity contribution in [2.75, 3.05) is 13.7 Å². The van der Waals surface area contributed by atoms with E-state index >= 15 is 0 Å². The van der Waals surface area contributed by atoms with E-state index in [0.29, 0.717) is 6.61 Å². The van der Waals surface area contributed by atoms with E-state index in [1.54, 1.807) is 7.11 Å². The van der Waals surface area contributed by atoms with E-state index in [1.807, 2.05) is 55.5 Å². The van der Waals surface area contributed by atoms with Gasteiger partial charge in [-0.3, -0.25) is 0 Å². The number of methoxy groups -OCH3 is 1. The van der Waals surface area contributed by atoms with Crippen LogP contribution in [0.25, 0.3) is 12.2 Å². The van der Waals surface area contributed by atoms with Crippen LogP contribution in [0.3, 0.4) is 0 Å². The van der Waals surface area contributed by atoms with Crippen LogP contribution in [-0.4, -0.2) is 19.8 Å². The van der Waals surface area contributed by atoms with Gasteiger partial charge in [0.25, 0.3) is 0 Å². The molecule has 2 aromatic rings. The van der Waals surface area contributed by atoms with Gasteiger partial charge >= 0.3 is 0 Å². The van der Waals surface area contributed by atoms with E-state index in [2.05, 4.69) is 30.4 Å². The summed E-state index contributed by atoms with van der Waals surface area (Å²) in [5, 5.41) is 0. The van der Waals surface area contributed by atoms with Crippen LogP contribution >= 0.6 is 0 Å². The minimum absolute atomic E-state index is 0.0718. The molecule has 0 aliphatic carbocycles. The van der Waals surface area contributed by atoms with Crippen LogP contribution in [0.15, 0.2) is 66.7 Å². The Balaban J connectivity index is 1.76. The number of hydrogen-bond acceptors (Lipinski definition) is 2. The summed E-state index contributed by atoms with van der Waals surface area (Å²) in [5.74, 6) is 0.868. The minimum Gasteiger partial charge on any atom is -0.497 e. The van der Waals surface area contributed by atoms with Gasteiger partial charge in [-0.05, 0) is 30.2 Å². The first-order valence-electron chi connectivity index (χ1n) is 7.43. The Morgan fingerprint density at radius 1 is 0.909 bits per heavy atom. The van der Waals surface area contributed by atoms with Crippen LogP contribution in [0.2, 0.25) is 0 Å². The fraction of sp³-hybridized carbons (Fsp3) is 0.200. The van der Waals surface area contributed by atoms with Gasteiger partial charge in [0.05, 0.1) is 19.8 Å². The molecule has 0 spiro atoms. The first-order valence-corrected chi connectivity index (χ1v) is 7.43. The summed E-state index contributed by atoms with van der Waals surface area (Å²) in [5.41, 5.74) is 2.32. The lowest BCUT2D eigenvalue weighted by molar-refractivity contribution is 0.124. The summed E-state index contributed by atoms with van der Waals surface area (Å²) < 4.78 is 10.9. The third-order valence-electron chi connectivity index (χ3n) is 3.24. The largest absolute Gasteiger partial charge is 0.497 e. The summed E-state index contributed by atoms with van der Waals surface area (Å²) >= 11 is 0. The van der Waals surface area contributed by atoms with Gasteiger partial charge in [-0.2, -0.15) is 0 Å². The quantitative estimate of drug-likeness (QED) is 0.728. The average molecular weight is 294 g/mol. The Labute approximate surface area is 132 Å². The molecule has 2 nitrogen and oxygen atoms in total. The lowest BCUT2D eigenvalue weighted by Gasteiger charge is -2.06. The Morgan fingerprint density at radius 2 is 1.59 bits per heavy atom. The summed E-state index contributed by atoms with van der Waals surface area (Å²) in [4.78, 5) is 0. The molecule has 2 rings (SSSR count). The highest BCUT2D eigenvalue weighted by atomic mass is 16.5. The average Bonchev–Trinajstić information content (AvgIpc) is 2.58. The second kappa shape index (κ2) is 8.85. The molecule has 0 aliphatic heterocycles. The molecule has 0 heterocycles. The minimum atomic E-state index is 0.0718. The first-order chi connectivity index (χ1) is 10.8. The van der Waals surface area contributed by atoms with Crippen molar-refractivity contribution in [3.63, 3.8) is 0 Å². The SMILES string of the molecule is COc1ccc(/C=C/C(C)OC/C=C/c2ccccc2)cc1. The van der Waals surface area contributed by atoms with Crippen molar-refractivity contribution in [2.24, 2.45) is 0 Å². The molecule has 0 bridgehead atoms. The van der Waals surface area contributed by atoms with Gasteiger partial charge in [0.2, 0.25) is 0 Å². The third-order valence-corrected chi connectivity index (χ3v) is 3.24. The zero-order valence-electron chi connectivity index (χ0n) is 13.1. The topological polar surface area (TPSA) is 18.5 Å². The van der Waals surface area contributed by atoms with Crippen molar-refractivity contribution >= 4 is 12.2 Å². The lowest BCUT2D eigenvalue weighted by atomic mass is 10.2. The normalized spacial score (nSPS) is 12.8. The second-order valence-corrected chi connectivity index (χ2v) is 4.98. The number of benzene rings is 2. The number of ether oxygens (including phenoxy) is 2. The maximum Gasteiger partial charge on any atom is 0.118 e. The van der Waals surface area contributed by atoms with E-state index in [4.69, 9.17) is 9.47 Å². The van der Waals surface area contributed by atoms with Gasteiger partial charge in [0.1, 0.15) is 5.75 Å². The maximum atomic E-state index is 5.73. The lowest BCUT2D eigenvalue weighted by Crippen LogP contribution is -2.03. The van der Waals surface area contributed by atoms with E-state index in [9.17, 15) is 0 Å². The fourth-order valence-corrected chi connectivity index (χ4v) is 1.97. The highest BCUT2D eigenvalue weighted by Crippen LogP contribution is 2.12. The number of rotatable bonds is 7. The fourth-order valence-electron chi connectivity index (χ4n) is 1.97. The molecule has 1 atom stereocenters. The van der Waals surface area contributed by atoms with Gasteiger partial charge in [-0.15, -0.1) is 0 Å². The molecule has 0 saturated heterocycles. The molecule has 2 aromatic carbocycles. The molecule has 0 amide bonds. The van der Waals surface area contributed by atoms with E-state index in [1.165, 1.54) is 5.56 Å².